The molecule has 0 heterocycles. The number of hydrogen-bond donors (Lipinski definition) is 0. The van der Waals surface area contributed by atoms with Gasteiger partial charge in [-0.25, -0.2) is 0 Å². The maximum absolute atomic E-state index is 13.5. The summed E-state index contributed by atoms with van der Waals surface area (Å²) < 4.78 is 239. The number of alkyl halides is 12. The molecule has 0 N–H and O–H groups in total. The van der Waals surface area contributed by atoms with E-state index in [1.165, 1.54) is 0 Å². The van der Waals surface area contributed by atoms with Crippen LogP contribution in [0.4, 0.5) is 52.7 Å². The fraction of sp³-hybridized carbons (Fsp3) is 0.714. The van der Waals surface area contributed by atoms with Gasteiger partial charge in [0.1, 0.15) is 39.3 Å². The first-order valence-electron chi connectivity index (χ1n) is 5.86. The molecule has 39 heavy (non-hydrogen) atoms. The van der Waals surface area contributed by atoms with Gasteiger partial charge in [0.2, 0.25) is 0 Å². The Morgan fingerprint density at radius 1 is 0.359 bits per heavy atom. The van der Waals surface area contributed by atoms with E-state index in [9.17, 15) is 86.4 Å². The molecule has 8 nitrogen and oxygen atoms in total. The van der Waals surface area contributed by atoms with Crippen molar-refractivity contribution in [1.82, 2.24) is 0 Å². The molecule has 0 fully saturated rings. The van der Waals surface area contributed by atoms with Gasteiger partial charge in [0, 0.05) is 0 Å². The van der Waals surface area contributed by atoms with Crippen LogP contribution in [0.25, 0.3) is 0 Å². The molecule has 0 saturated heterocycles. The van der Waals surface area contributed by atoms with Crippen LogP contribution in [-0.4, -0.2) is 153 Å². The first kappa shape index (κ1) is 65.0. The molecule has 0 bridgehead atoms. The Morgan fingerprint density at radius 3 is 0.641 bits per heavy atom. The summed E-state index contributed by atoms with van der Waals surface area (Å²) in [4.78, 5) is 0. The van der Waals surface area contributed by atoms with Crippen LogP contribution in [0.1, 0.15) is 0 Å². The summed E-state index contributed by atoms with van der Waals surface area (Å²) in [7, 11) is -30.8. The van der Waals surface area contributed by atoms with Crippen molar-refractivity contribution in [3.8, 4) is 0 Å². The second-order valence-corrected chi connectivity index (χ2v) is 12.7. The quantitative estimate of drug-likeness (QED) is 0.134. The van der Waals surface area contributed by atoms with Crippen molar-refractivity contribution in [3.05, 3.63) is 10.2 Å². The Hall–Kier alpha value is 3.18. The molecule has 0 rings (SSSR count). The molecular weight excluding hydrogens is 807 g/mol. The van der Waals surface area contributed by atoms with Crippen molar-refractivity contribution in [1.29, 1.82) is 0 Å². The van der Waals surface area contributed by atoms with Crippen LogP contribution in [0.2, 0.25) is 0 Å². The van der Waals surface area contributed by atoms with Gasteiger partial charge in [-0.15, -0.1) is 0 Å². The van der Waals surface area contributed by atoms with Crippen molar-refractivity contribution in [2.24, 2.45) is 0 Å². The minimum atomic E-state index is -8.02. The maximum atomic E-state index is 13.5. The molecule has 0 radical (unpaired) electrons. The standard InChI is InChI=1S/C7H2F12O8S4.4ClH.4Mg/c8-3(9,4(10,11)28(20,21)1-30(24,25)6(14,15)16)5(12,13)29(22,23)2-31(26,27)7(17,18)19;;;;;;;;/h1-2H;4*1H;;;;/q-2;;;;;4*+2/p-4. The van der Waals surface area contributed by atoms with E-state index in [-0.39, 0.29) is 142 Å². The molecule has 0 aliphatic rings. The zero-order valence-electron chi connectivity index (χ0n) is 17.4. The zero-order chi connectivity index (χ0) is 25.9. The Labute approximate surface area is 301 Å². The Kier molecular flexibility index (Phi) is 31.6. The summed E-state index contributed by atoms with van der Waals surface area (Å²) in [5.74, 6) is -8.02. The maximum Gasteiger partial charge on any atom is 2.00 e. The van der Waals surface area contributed by atoms with Crippen molar-refractivity contribution in [2.75, 3.05) is 0 Å². The van der Waals surface area contributed by atoms with Gasteiger partial charge in [0.05, 0.1) is 0 Å². The third kappa shape index (κ3) is 13.2. The molecule has 32 heteroatoms. The van der Waals surface area contributed by atoms with Gasteiger partial charge in [-0.05, 0) is 0 Å². The minimum absolute atomic E-state index is 0. The zero-order valence-corrected chi connectivity index (χ0v) is 29.4. The van der Waals surface area contributed by atoms with E-state index in [1.54, 1.807) is 0 Å². The number of halogens is 16. The summed E-state index contributed by atoms with van der Waals surface area (Å²) in [6, 6.07) is 0. The van der Waals surface area contributed by atoms with Crippen LogP contribution in [0.5, 0.6) is 0 Å². The van der Waals surface area contributed by atoms with Gasteiger partial charge in [-0.1, -0.05) is 10.2 Å². The summed E-state index contributed by atoms with van der Waals surface area (Å²) in [5.41, 5.74) is -13.5. The first-order valence-corrected chi connectivity index (χ1v) is 12.0. The van der Waals surface area contributed by atoms with Crippen molar-refractivity contribution in [2.45, 2.75) is 27.4 Å². The average molecular weight is 809 g/mol. The van der Waals surface area contributed by atoms with Crippen molar-refractivity contribution in [3.63, 3.8) is 0 Å². The molecule has 0 atom stereocenters. The molecule has 220 valence electrons. The largest absolute Gasteiger partial charge is 2.00 e. The van der Waals surface area contributed by atoms with Gasteiger partial charge in [-0.3, -0.25) is 33.7 Å². The predicted octanol–water partition coefficient (Wildman–Crippen LogP) is -11.8. The van der Waals surface area contributed by atoms with Crippen LogP contribution >= 0.6 is 0 Å². The SMILES string of the molecule is O=S(=O)([CH-]S(=O)(=O)C(F)(F)C(F)(F)C(F)(F)S(=O)(=O)[CH-]S(=O)(=O)C(F)(F)F)C(F)(F)F.[Cl-].[Cl-].[Cl-].[Cl-].[Mg+2].[Mg+2].[Mg+2].[Mg+2]. The van der Waals surface area contributed by atoms with Crippen LogP contribution in [0.15, 0.2) is 0 Å². The van der Waals surface area contributed by atoms with E-state index in [4.69, 9.17) is 0 Å². The van der Waals surface area contributed by atoms with Gasteiger partial charge >= 0.3 is 120 Å². The third-order valence-electron chi connectivity index (χ3n) is 2.60. The topological polar surface area (TPSA) is 137 Å². The third-order valence-corrected chi connectivity index (χ3v) is 9.88. The minimum Gasteiger partial charge on any atom is -1.00 e. The van der Waals surface area contributed by atoms with Gasteiger partial charge in [-0.2, -0.15) is 52.7 Å². The Balaban J connectivity index is -0.000000161. The van der Waals surface area contributed by atoms with Crippen molar-refractivity contribution >= 4 is 132 Å². The van der Waals surface area contributed by atoms with E-state index >= 15 is 0 Å². The fourth-order valence-electron chi connectivity index (χ4n) is 1.09. The molecule has 0 saturated carbocycles. The van der Waals surface area contributed by atoms with Crippen LogP contribution in [-0.2, 0) is 39.3 Å². The van der Waals surface area contributed by atoms with Crippen molar-refractivity contribution < 1.29 is 136 Å². The molecule has 0 aromatic carbocycles. The molecular formula is C7H2Cl4F12Mg4O8S4+2. The van der Waals surface area contributed by atoms with Gasteiger partial charge in [0.25, 0.3) is 0 Å². The smallest absolute Gasteiger partial charge is 1.00 e. The summed E-state index contributed by atoms with van der Waals surface area (Å²) in [6.07, 6.45) is 0. The van der Waals surface area contributed by atoms with E-state index in [1.807, 2.05) is 0 Å². The molecule has 0 unspecified atom stereocenters. The number of rotatable bonds is 8. The van der Waals surface area contributed by atoms with E-state index in [2.05, 4.69) is 0 Å². The molecule has 0 amide bonds. The molecule has 0 aliphatic carbocycles. The van der Waals surface area contributed by atoms with Crippen LogP contribution in [0, 0.1) is 10.2 Å². The molecule has 0 spiro atoms. The molecule has 0 aliphatic heterocycles. The predicted molar refractivity (Wildman–Crippen MR) is 94.2 cm³/mol. The average Bonchev–Trinajstić information content (AvgIpc) is 2.41. The van der Waals surface area contributed by atoms with Crippen LogP contribution < -0.4 is 49.6 Å². The van der Waals surface area contributed by atoms with E-state index in [0.29, 0.717) is 0 Å². The molecule has 0 aromatic rings. The van der Waals surface area contributed by atoms with Gasteiger partial charge in [0.15, 0.2) is 0 Å². The fourth-order valence-corrected chi connectivity index (χ4v) is 6.63. The number of hydrogen-bond acceptors (Lipinski definition) is 8. The second-order valence-electron chi connectivity index (χ2n) is 4.87. The Bertz CT molecular complexity index is 1070. The van der Waals surface area contributed by atoms with E-state index < -0.39 is 77.0 Å². The second kappa shape index (κ2) is 19.0. The van der Waals surface area contributed by atoms with Gasteiger partial charge < -0.3 is 49.6 Å². The first-order chi connectivity index (χ1) is 12.9. The summed E-state index contributed by atoms with van der Waals surface area (Å²) in [6.45, 7) is 0. The number of sulfone groups is 4. The monoisotopic (exact) mass is 806 g/mol. The van der Waals surface area contributed by atoms with Crippen LogP contribution in [0.3, 0.4) is 0 Å². The molecule has 0 aromatic heterocycles. The van der Waals surface area contributed by atoms with E-state index in [0.717, 1.165) is 0 Å². The Morgan fingerprint density at radius 2 is 0.513 bits per heavy atom. The summed E-state index contributed by atoms with van der Waals surface area (Å²) >= 11 is 0. The normalized spacial score (nSPS) is 13.0. The summed E-state index contributed by atoms with van der Waals surface area (Å²) in [5, 5.41) is -20.7.